The van der Waals surface area contributed by atoms with Crippen LogP contribution in [0.5, 0.6) is 0 Å². The van der Waals surface area contributed by atoms with Crippen LogP contribution in [0.4, 0.5) is 14.7 Å². The van der Waals surface area contributed by atoms with E-state index in [-0.39, 0.29) is 11.6 Å². The smallest absolute Gasteiger partial charge is 0.225 e. The average molecular weight is 435 g/mol. The molecule has 0 saturated carbocycles. The van der Waals surface area contributed by atoms with E-state index in [2.05, 4.69) is 26.8 Å². The van der Waals surface area contributed by atoms with Crippen molar-refractivity contribution < 1.29 is 8.78 Å². The summed E-state index contributed by atoms with van der Waals surface area (Å²) in [5.74, 6) is -0.381. The Bertz CT molecular complexity index is 1060. The van der Waals surface area contributed by atoms with Gasteiger partial charge in [-0.3, -0.25) is 4.99 Å². The maximum atomic E-state index is 14.1. The van der Waals surface area contributed by atoms with Crippen LogP contribution in [-0.2, 0) is 0 Å². The molecule has 1 unspecified atom stereocenters. The van der Waals surface area contributed by atoms with E-state index >= 15 is 0 Å². The van der Waals surface area contributed by atoms with E-state index in [0.717, 1.165) is 42.0 Å². The highest BCUT2D eigenvalue weighted by Crippen LogP contribution is 2.33. The number of benzene rings is 2. The molecule has 2 heterocycles. The van der Waals surface area contributed by atoms with Crippen LogP contribution in [-0.4, -0.2) is 29.3 Å². The summed E-state index contributed by atoms with van der Waals surface area (Å²) in [5, 5.41) is 0. The van der Waals surface area contributed by atoms with Gasteiger partial charge in [-0.25, -0.2) is 18.7 Å². The first-order valence-electron chi connectivity index (χ1n) is 11.2. The number of hydrogen-bond donors (Lipinski definition) is 0. The second kappa shape index (κ2) is 9.98. The molecule has 0 amide bonds. The van der Waals surface area contributed by atoms with E-state index < -0.39 is 11.6 Å². The number of aromatic nitrogens is 2. The van der Waals surface area contributed by atoms with Gasteiger partial charge in [0.1, 0.15) is 11.6 Å². The van der Waals surface area contributed by atoms with Crippen LogP contribution in [0, 0.1) is 11.6 Å². The SMILES string of the molecule is CCCCCN(C)c1ncc(-c2ccc(C3CCC(c4c(F)cccc4F)=N3)cc2)cn1. The summed E-state index contributed by atoms with van der Waals surface area (Å²) in [7, 11) is 2.02. The number of unbranched alkanes of at least 4 members (excludes halogenated alkanes) is 2. The normalized spacial score (nSPS) is 15.6. The summed E-state index contributed by atoms with van der Waals surface area (Å²) in [6.45, 7) is 3.14. The van der Waals surface area contributed by atoms with Crippen molar-refractivity contribution in [2.45, 2.75) is 45.1 Å². The highest BCUT2D eigenvalue weighted by molar-refractivity contribution is 6.02. The van der Waals surface area contributed by atoms with Crippen molar-refractivity contribution in [3.05, 3.63) is 77.6 Å². The summed E-state index contributed by atoms with van der Waals surface area (Å²) in [4.78, 5) is 15.7. The van der Waals surface area contributed by atoms with Gasteiger partial charge in [0.25, 0.3) is 0 Å². The Balaban J connectivity index is 1.45. The zero-order chi connectivity index (χ0) is 22.5. The Hall–Kier alpha value is -3.15. The zero-order valence-electron chi connectivity index (χ0n) is 18.6. The Morgan fingerprint density at radius 3 is 2.28 bits per heavy atom. The van der Waals surface area contributed by atoms with E-state index in [1.807, 2.05) is 43.7 Å². The van der Waals surface area contributed by atoms with Crippen molar-refractivity contribution in [2.75, 3.05) is 18.5 Å². The molecule has 0 spiro atoms. The van der Waals surface area contributed by atoms with Gasteiger partial charge in [0.2, 0.25) is 5.95 Å². The molecule has 32 heavy (non-hydrogen) atoms. The molecular formula is C26H28F2N4. The lowest BCUT2D eigenvalue weighted by atomic mass is 10.0. The molecule has 166 valence electrons. The van der Waals surface area contributed by atoms with E-state index in [9.17, 15) is 8.78 Å². The Morgan fingerprint density at radius 2 is 1.62 bits per heavy atom. The maximum absolute atomic E-state index is 14.1. The molecule has 6 heteroatoms. The molecule has 2 aromatic carbocycles. The molecular weight excluding hydrogens is 406 g/mol. The van der Waals surface area contributed by atoms with Crippen LogP contribution in [0.25, 0.3) is 11.1 Å². The van der Waals surface area contributed by atoms with Gasteiger partial charge in [-0.15, -0.1) is 0 Å². The van der Waals surface area contributed by atoms with E-state index in [0.29, 0.717) is 12.1 Å². The summed E-state index contributed by atoms with van der Waals surface area (Å²) >= 11 is 0. The molecule has 0 N–H and O–H groups in total. The second-order valence-corrected chi connectivity index (χ2v) is 8.25. The van der Waals surface area contributed by atoms with Gasteiger partial charge >= 0.3 is 0 Å². The van der Waals surface area contributed by atoms with Gasteiger partial charge in [0.05, 0.1) is 11.6 Å². The molecule has 1 atom stereocenters. The first-order chi connectivity index (χ1) is 15.6. The minimum atomic E-state index is -0.556. The molecule has 0 fully saturated rings. The predicted molar refractivity (Wildman–Crippen MR) is 125 cm³/mol. The van der Waals surface area contributed by atoms with Crippen LogP contribution in [0.1, 0.15) is 56.2 Å². The van der Waals surface area contributed by atoms with Gasteiger partial charge in [-0.1, -0.05) is 50.1 Å². The Kier molecular flexibility index (Phi) is 6.88. The molecule has 1 aromatic heterocycles. The zero-order valence-corrected chi connectivity index (χ0v) is 18.6. The quantitative estimate of drug-likeness (QED) is 0.387. The average Bonchev–Trinajstić information content (AvgIpc) is 3.29. The number of anilines is 1. The van der Waals surface area contributed by atoms with Crippen molar-refractivity contribution in [1.29, 1.82) is 0 Å². The Morgan fingerprint density at radius 1 is 0.938 bits per heavy atom. The number of nitrogens with zero attached hydrogens (tertiary/aromatic N) is 4. The minimum absolute atomic E-state index is 0.00326. The fourth-order valence-electron chi connectivity index (χ4n) is 4.06. The third-order valence-electron chi connectivity index (χ3n) is 5.92. The molecule has 3 aromatic rings. The molecule has 0 radical (unpaired) electrons. The molecule has 1 aliphatic heterocycles. The van der Waals surface area contributed by atoms with Crippen LogP contribution in [0.3, 0.4) is 0 Å². The molecule has 0 saturated heterocycles. The third kappa shape index (κ3) is 4.85. The van der Waals surface area contributed by atoms with Gasteiger partial charge in [0.15, 0.2) is 0 Å². The van der Waals surface area contributed by atoms with Crippen molar-refractivity contribution >= 4 is 11.7 Å². The number of hydrogen-bond acceptors (Lipinski definition) is 4. The largest absolute Gasteiger partial charge is 0.344 e. The fraction of sp³-hybridized carbons (Fsp3) is 0.346. The van der Waals surface area contributed by atoms with Crippen molar-refractivity contribution in [3.63, 3.8) is 0 Å². The molecule has 0 bridgehead atoms. The highest BCUT2D eigenvalue weighted by Gasteiger charge is 2.24. The highest BCUT2D eigenvalue weighted by atomic mass is 19.1. The summed E-state index contributed by atoms with van der Waals surface area (Å²) in [6, 6.07) is 11.9. The van der Waals surface area contributed by atoms with E-state index in [4.69, 9.17) is 0 Å². The van der Waals surface area contributed by atoms with Crippen molar-refractivity contribution in [3.8, 4) is 11.1 Å². The monoisotopic (exact) mass is 434 g/mol. The third-order valence-corrected chi connectivity index (χ3v) is 5.92. The predicted octanol–water partition coefficient (Wildman–Crippen LogP) is 6.37. The Labute approximate surface area is 188 Å². The minimum Gasteiger partial charge on any atom is -0.344 e. The lowest BCUT2D eigenvalue weighted by Gasteiger charge is -2.16. The van der Waals surface area contributed by atoms with Gasteiger partial charge in [0, 0.05) is 37.3 Å². The summed E-state index contributed by atoms with van der Waals surface area (Å²) in [6.07, 6.45) is 8.53. The van der Waals surface area contributed by atoms with Gasteiger partial charge < -0.3 is 4.90 Å². The summed E-state index contributed by atoms with van der Waals surface area (Å²) < 4.78 is 28.2. The fourth-order valence-corrected chi connectivity index (χ4v) is 4.06. The molecule has 4 nitrogen and oxygen atoms in total. The molecule has 4 rings (SSSR count). The lowest BCUT2D eigenvalue weighted by molar-refractivity contribution is 0.578. The van der Waals surface area contributed by atoms with E-state index in [1.54, 1.807) is 0 Å². The topological polar surface area (TPSA) is 41.4 Å². The van der Waals surface area contributed by atoms with Crippen LogP contribution in [0.2, 0.25) is 0 Å². The molecule has 1 aliphatic rings. The number of halogens is 2. The number of aliphatic imine (C=N–C) groups is 1. The van der Waals surface area contributed by atoms with Crippen LogP contribution < -0.4 is 4.90 Å². The maximum Gasteiger partial charge on any atom is 0.225 e. The van der Waals surface area contributed by atoms with Crippen LogP contribution in [0.15, 0.2) is 59.9 Å². The first-order valence-corrected chi connectivity index (χ1v) is 11.2. The van der Waals surface area contributed by atoms with Crippen molar-refractivity contribution in [1.82, 2.24) is 9.97 Å². The molecule has 0 aliphatic carbocycles. The second-order valence-electron chi connectivity index (χ2n) is 8.25. The standard InChI is InChI=1S/C26H28F2N4/c1-3-4-5-15-32(2)26-29-16-20(17-30-26)18-9-11-19(12-10-18)23-13-14-24(31-23)25-21(27)7-6-8-22(25)28/h6-12,16-17,23H,3-5,13-15H2,1-2H3. The summed E-state index contributed by atoms with van der Waals surface area (Å²) in [5.41, 5.74) is 3.52. The van der Waals surface area contributed by atoms with Crippen molar-refractivity contribution in [2.24, 2.45) is 4.99 Å². The van der Waals surface area contributed by atoms with Crippen LogP contribution >= 0.6 is 0 Å². The van der Waals surface area contributed by atoms with E-state index in [1.165, 1.54) is 31.0 Å². The van der Waals surface area contributed by atoms with Gasteiger partial charge in [-0.2, -0.15) is 0 Å². The van der Waals surface area contributed by atoms with Gasteiger partial charge in [-0.05, 0) is 42.5 Å². The first kappa shape index (κ1) is 22.1. The number of rotatable bonds is 8. The lowest BCUT2D eigenvalue weighted by Crippen LogP contribution is -2.20.